The van der Waals surface area contributed by atoms with Crippen molar-refractivity contribution < 1.29 is 4.79 Å². The van der Waals surface area contributed by atoms with Crippen molar-refractivity contribution in [3.05, 3.63) is 34.3 Å². The summed E-state index contributed by atoms with van der Waals surface area (Å²) in [4.78, 5) is 12.3. The molecule has 1 unspecified atom stereocenters. The summed E-state index contributed by atoms with van der Waals surface area (Å²) in [7, 11) is 0. The lowest BCUT2D eigenvalue weighted by Crippen LogP contribution is -2.33. The number of hydrogen-bond acceptors (Lipinski definition) is 2. The Bertz CT molecular complexity index is 448. The molecular formula is C12H15ClN2OS. The van der Waals surface area contributed by atoms with E-state index in [2.05, 4.69) is 5.32 Å². The maximum Gasteiger partial charge on any atom is 0.251 e. The van der Waals surface area contributed by atoms with Gasteiger partial charge in [0, 0.05) is 23.0 Å². The van der Waals surface area contributed by atoms with E-state index in [9.17, 15) is 4.79 Å². The van der Waals surface area contributed by atoms with Crippen LogP contribution in [0, 0.1) is 12.8 Å². The third-order valence-corrected chi connectivity index (χ3v) is 3.38. The molecule has 0 fully saturated rings. The number of nitrogens with one attached hydrogen (secondary N) is 1. The highest BCUT2D eigenvalue weighted by Crippen LogP contribution is 2.18. The Labute approximate surface area is 111 Å². The molecule has 92 valence electrons. The summed E-state index contributed by atoms with van der Waals surface area (Å²) < 4.78 is 0. The number of carbonyl (C=O) groups is 1. The third kappa shape index (κ3) is 3.68. The molecule has 17 heavy (non-hydrogen) atoms. The molecule has 3 nitrogen and oxygen atoms in total. The molecule has 1 rings (SSSR count). The van der Waals surface area contributed by atoms with E-state index < -0.39 is 0 Å². The average Bonchev–Trinajstić information content (AvgIpc) is 2.29. The Kier molecular flexibility index (Phi) is 4.90. The van der Waals surface area contributed by atoms with Crippen molar-refractivity contribution in [1.82, 2.24) is 5.32 Å². The zero-order valence-corrected chi connectivity index (χ0v) is 11.4. The van der Waals surface area contributed by atoms with E-state index in [0.29, 0.717) is 22.1 Å². The van der Waals surface area contributed by atoms with E-state index in [1.165, 1.54) is 0 Å². The molecule has 1 atom stereocenters. The van der Waals surface area contributed by atoms with Crippen LogP contribution in [0.15, 0.2) is 18.2 Å². The molecule has 1 aromatic carbocycles. The molecule has 5 heteroatoms. The van der Waals surface area contributed by atoms with Crippen molar-refractivity contribution in [3.8, 4) is 0 Å². The Morgan fingerprint density at radius 2 is 2.24 bits per heavy atom. The van der Waals surface area contributed by atoms with Crippen LogP contribution in [0.5, 0.6) is 0 Å². The van der Waals surface area contributed by atoms with Crippen molar-refractivity contribution in [2.75, 3.05) is 6.54 Å². The monoisotopic (exact) mass is 270 g/mol. The van der Waals surface area contributed by atoms with Crippen LogP contribution in [-0.4, -0.2) is 17.4 Å². The van der Waals surface area contributed by atoms with Crippen LogP contribution >= 0.6 is 23.8 Å². The fourth-order valence-corrected chi connectivity index (χ4v) is 1.55. The Morgan fingerprint density at radius 3 is 2.82 bits per heavy atom. The molecule has 1 aromatic rings. The van der Waals surface area contributed by atoms with Crippen LogP contribution in [0.25, 0.3) is 0 Å². The molecule has 0 radical (unpaired) electrons. The molecule has 1 amide bonds. The predicted molar refractivity (Wildman–Crippen MR) is 74.5 cm³/mol. The van der Waals surface area contributed by atoms with Crippen molar-refractivity contribution in [2.24, 2.45) is 11.7 Å². The molecule has 0 aliphatic heterocycles. The SMILES string of the molecule is Cc1c(Cl)cccc1C(=O)NCC(C)C(N)=S. The van der Waals surface area contributed by atoms with Crippen LogP contribution in [0.4, 0.5) is 0 Å². The van der Waals surface area contributed by atoms with Crippen molar-refractivity contribution >= 4 is 34.7 Å². The maximum absolute atomic E-state index is 11.9. The predicted octanol–water partition coefficient (Wildman–Crippen LogP) is 2.30. The Morgan fingerprint density at radius 1 is 1.59 bits per heavy atom. The number of benzene rings is 1. The maximum atomic E-state index is 11.9. The van der Waals surface area contributed by atoms with Gasteiger partial charge in [0.15, 0.2) is 0 Å². The molecular weight excluding hydrogens is 256 g/mol. The fourth-order valence-electron chi connectivity index (χ4n) is 1.30. The quantitative estimate of drug-likeness (QED) is 0.826. The van der Waals surface area contributed by atoms with Crippen LogP contribution in [0.2, 0.25) is 5.02 Å². The van der Waals surface area contributed by atoms with Gasteiger partial charge in [0.25, 0.3) is 5.91 Å². The lowest BCUT2D eigenvalue weighted by atomic mass is 10.1. The molecule has 0 spiro atoms. The van der Waals surface area contributed by atoms with Crippen molar-refractivity contribution in [1.29, 1.82) is 0 Å². The van der Waals surface area contributed by atoms with Crippen LogP contribution < -0.4 is 11.1 Å². The summed E-state index contributed by atoms with van der Waals surface area (Å²) in [6.07, 6.45) is 0. The average molecular weight is 271 g/mol. The Balaban J connectivity index is 2.71. The number of carbonyl (C=O) groups excluding carboxylic acids is 1. The number of halogens is 1. The van der Waals surface area contributed by atoms with Crippen LogP contribution in [-0.2, 0) is 0 Å². The minimum absolute atomic E-state index is 0.0200. The zero-order valence-electron chi connectivity index (χ0n) is 9.79. The van der Waals surface area contributed by atoms with E-state index in [1.54, 1.807) is 18.2 Å². The number of amides is 1. The van der Waals surface area contributed by atoms with Crippen LogP contribution in [0.3, 0.4) is 0 Å². The molecule has 0 aliphatic carbocycles. The van der Waals surface area contributed by atoms with Gasteiger partial charge in [-0.3, -0.25) is 4.79 Å². The normalized spacial score (nSPS) is 11.9. The minimum atomic E-state index is -0.159. The van der Waals surface area contributed by atoms with Gasteiger partial charge in [0.05, 0.1) is 4.99 Å². The van der Waals surface area contributed by atoms with E-state index >= 15 is 0 Å². The molecule has 0 saturated heterocycles. The lowest BCUT2D eigenvalue weighted by Gasteiger charge is -2.12. The summed E-state index contributed by atoms with van der Waals surface area (Å²) in [5.41, 5.74) is 6.82. The number of thiocarbonyl (C=S) groups is 1. The summed E-state index contributed by atoms with van der Waals surface area (Å²) in [5, 5.41) is 3.37. The molecule has 0 saturated carbocycles. The highest BCUT2D eigenvalue weighted by atomic mass is 35.5. The van der Waals surface area contributed by atoms with Gasteiger partial charge in [-0.2, -0.15) is 0 Å². The lowest BCUT2D eigenvalue weighted by molar-refractivity contribution is 0.0950. The largest absolute Gasteiger partial charge is 0.393 e. The topological polar surface area (TPSA) is 55.1 Å². The van der Waals surface area contributed by atoms with Gasteiger partial charge in [-0.25, -0.2) is 0 Å². The standard InChI is InChI=1S/C12H15ClN2OS/c1-7(11(14)17)6-15-12(16)9-4-3-5-10(13)8(9)2/h3-5,7H,6H2,1-2H3,(H2,14,17)(H,15,16). The summed E-state index contributed by atoms with van der Waals surface area (Å²) in [6.45, 7) is 4.11. The molecule has 0 heterocycles. The van der Waals surface area contributed by atoms with Crippen molar-refractivity contribution in [3.63, 3.8) is 0 Å². The fraction of sp³-hybridized carbons (Fsp3) is 0.333. The number of rotatable bonds is 4. The van der Waals surface area contributed by atoms with Gasteiger partial charge in [-0.15, -0.1) is 0 Å². The van der Waals surface area contributed by atoms with Gasteiger partial charge in [0.1, 0.15) is 0 Å². The minimum Gasteiger partial charge on any atom is -0.393 e. The first-order valence-corrected chi connectivity index (χ1v) is 6.04. The Hall–Kier alpha value is -1.13. The van der Waals surface area contributed by atoms with E-state index in [-0.39, 0.29) is 11.8 Å². The third-order valence-electron chi connectivity index (χ3n) is 2.57. The highest BCUT2D eigenvalue weighted by Gasteiger charge is 2.12. The second-order valence-electron chi connectivity index (χ2n) is 3.93. The zero-order chi connectivity index (χ0) is 13.0. The highest BCUT2D eigenvalue weighted by molar-refractivity contribution is 7.80. The van der Waals surface area contributed by atoms with E-state index in [0.717, 1.165) is 5.56 Å². The molecule has 3 N–H and O–H groups in total. The van der Waals surface area contributed by atoms with Gasteiger partial charge in [0.2, 0.25) is 0 Å². The summed E-state index contributed by atoms with van der Waals surface area (Å²) >= 11 is 10.8. The van der Waals surface area contributed by atoms with Crippen molar-refractivity contribution in [2.45, 2.75) is 13.8 Å². The van der Waals surface area contributed by atoms with Gasteiger partial charge >= 0.3 is 0 Å². The smallest absolute Gasteiger partial charge is 0.251 e. The second kappa shape index (κ2) is 5.98. The summed E-state index contributed by atoms with van der Waals surface area (Å²) in [5.74, 6) is -0.179. The first-order chi connectivity index (χ1) is 7.93. The van der Waals surface area contributed by atoms with Gasteiger partial charge < -0.3 is 11.1 Å². The van der Waals surface area contributed by atoms with Gasteiger partial charge in [-0.1, -0.05) is 36.8 Å². The molecule has 0 aliphatic rings. The molecule has 0 aromatic heterocycles. The van der Waals surface area contributed by atoms with Gasteiger partial charge in [-0.05, 0) is 24.6 Å². The second-order valence-corrected chi connectivity index (χ2v) is 4.80. The summed E-state index contributed by atoms with van der Waals surface area (Å²) in [6, 6.07) is 5.24. The first kappa shape index (κ1) is 13.9. The first-order valence-electron chi connectivity index (χ1n) is 5.26. The number of nitrogens with two attached hydrogens (primary N) is 1. The van der Waals surface area contributed by atoms with E-state index in [1.807, 2.05) is 13.8 Å². The van der Waals surface area contributed by atoms with E-state index in [4.69, 9.17) is 29.6 Å². The molecule has 0 bridgehead atoms. The van der Waals surface area contributed by atoms with Crippen LogP contribution in [0.1, 0.15) is 22.8 Å². The number of hydrogen-bond donors (Lipinski definition) is 2.